The molecule has 15 rings (SSSR count). The van der Waals surface area contributed by atoms with E-state index in [-0.39, 0.29) is 0 Å². The molecular weight excluding hydrogens is 997 g/mol. The van der Waals surface area contributed by atoms with Gasteiger partial charge in [0.05, 0.1) is 33.3 Å². The molecule has 6 nitrogen and oxygen atoms in total. The lowest BCUT2D eigenvalue weighted by Gasteiger charge is -2.20. The lowest BCUT2D eigenvalue weighted by atomic mass is 9.94. The van der Waals surface area contributed by atoms with E-state index in [1.54, 1.807) is 0 Å². The summed E-state index contributed by atoms with van der Waals surface area (Å²) in [6.07, 6.45) is 0. The van der Waals surface area contributed by atoms with Gasteiger partial charge >= 0.3 is 0 Å². The summed E-state index contributed by atoms with van der Waals surface area (Å²) >= 11 is 0. The minimum atomic E-state index is 0.507. The van der Waals surface area contributed by atoms with Crippen LogP contribution in [0, 0.1) is 11.3 Å². The first-order chi connectivity index (χ1) is 40.6. The molecule has 0 bridgehead atoms. The van der Waals surface area contributed by atoms with Gasteiger partial charge in [0.1, 0.15) is 6.07 Å². The number of para-hydroxylation sites is 1. The van der Waals surface area contributed by atoms with Crippen molar-refractivity contribution in [3.63, 3.8) is 0 Å². The molecule has 0 radical (unpaired) electrons. The van der Waals surface area contributed by atoms with Gasteiger partial charge in [-0.1, -0.05) is 218 Å². The van der Waals surface area contributed by atoms with Crippen molar-refractivity contribution in [2.75, 3.05) is 0 Å². The van der Waals surface area contributed by atoms with E-state index in [1.807, 2.05) is 72.8 Å². The quantitative estimate of drug-likeness (QED) is 0.137. The maximum atomic E-state index is 11.5. The van der Waals surface area contributed by atoms with E-state index >= 15 is 0 Å². The Morgan fingerprint density at radius 1 is 0.256 bits per heavy atom. The predicted molar refractivity (Wildman–Crippen MR) is 337 cm³/mol. The van der Waals surface area contributed by atoms with Gasteiger partial charge in [0.25, 0.3) is 0 Å². The topological polar surface area (TPSA) is 72.3 Å². The molecule has 0 amide bonds. The predicted octanol–water partition coefficient (Wildman–Crippen LogP) is 19.3. The van der Waals surface area contributed by atoms with Gasteiger partial charge in [0.2, 0.25) is 0 Å². The zero-order valence-electron chi connectivity index (χ0n) is 44.4. The summed E-state index contributed by atoms with van der Waals surface area (Å²) in [5, 5.41) is 15.9. The monoisotopic (exact) mass is 1040 g/mol. The molecule has 3 aromatic heterocycles. The van der Waals surface area contributed by atoms with Crippen LogP contribution in [0.2, 0.25) is 0 Å². The van der Waals surface area contributed by atoms with E-state index in [4.69, 9.17) is 15.0 Å². The van der Waals surface area contributed by atoms with Gasteiger partial charge < -0.3 is 9.13 Å². The maximum absolute atomic E-state index is 11.5. The van der Waals surface area contributed by atoms with Crippen LogP contribution >= 0.6 is 0 Å². The number of fused-ring (bicyclic) bond motifs is 6. The van der Waals surface area contributed by atoms with Crippen molar-refractivity contribution >= 4 is 43.6 Å². The number of hydrogen-bond donors (Lipinski definition) is 0. The second-order valence-electron chi connectivity index (χ2n) is 20.6. The van der Waals surface area contributed by atoms with Crippen LogP contribution in [0.3, 0.4) is 0 Å². The summed E-state index contributed by atoms with van der Waals surface area (Å²) in [5.74, 6) is 1.62. The number of benzene rings is 12. The van der Waals surface area contributed by atoms with E-state index in [2.05, 4.69) is 234 Å². The van der Waals surface area contributed by atoms with Gasteiger partial charge in [-0.05, 0) is 123 Å². The standard InChI is InChI=1S/C76H48N6/c77-49-60-32-19-33-62(73(60)82-71-42-36-58(52-24-11-3-12-25-52)46-67(71)68-47-59(37-43-72(68)82)53-26-13-4-14-27-53)64-48-61(38-39-63(64)76-79-74(54-28-15-5-16-29-54)78-75(80-76)55-30-17-6-18-31-55)81-69-40-34-56(50-20-7-1-8-21-50)44-65(69)66-45-57(35-41-70(66)81)51-22-9-2-10-23-51/h1-48H. The number of nitriles is 1. The van der Waals surface area contributed by atoms with Crippen LogP contribution in [0.15, 0.2) is 291 Å². The van der Waals surface area contributed by atoms with E-state index in [0.29, 0.717) is 23.0 Å². The van der Waals surface area contributed by atoms with E-state index < -0.39 is 0 Å². The second kappa shape index (κ2) is 20.2. The summed E-state index contributed by atoms with van der Waals surface area (Å²) in [4.78, 5) is 15.9. The van der Waals surface area contributed by atoms with Crippen LogP contribution in [0.5, 0.6) is 0 Å². The fraction of sp³-hybridized carbons (Fsp3) is 0. The SMILES string of the molecule is N#Cc1cccc(-c2cc(-n3c4ccc(-c5ccccc5)cc4c4cc(-c5ccccc5)ccc43)ccc2-c2nc(-c3ccccc3)nc(-c3ccccc3)n2)c1-n1c2ccc(-c3ccccc3)cc2c2cc(-c3ccccc3)ccc21. The Balaban J connectivity index is 1.03. The molecular formula is C76H48N6. The van der Waals surface area contributed by atoms with Crippen molar-refractivity contribution < 1.29 is 0 Å². The maximum Gasteiger partial charge on any atom is 0.164 e. The van der Waals surface area contributed by atoms with Crippen molar-refractivity contribution in [2.24, 2.45) is 0 Å². The van der Waals surface area contributed by atoms with Crippen LogP contribution in [0.25, 0.3) is 145 Å². The van der Waals surface area contributed by atoms with Crippen molar-refractivity contribution in [1.82, 2.24) is 24.1 Å². The van der Waals surface area contributed by atoms with Crippen molar-refractivity contribution in [3.05, 3.63) is 297 Å². The zero-order chi connectivity index (χ0) is 54.5. The normalized spacial score (nSPS) is 11.4. The summed E-state index contributed by atoms with van der Waals surface area (Å²) in [6, 6.07) is 105. The van der Waals surface area contributed by atoms with Gasteiger partial charge in [-0.25, -0.2) is 15.0 Å². The summed E-state index contributed by atoms with van der Waals surface area (Å²) in [5.41, 5.74) is 19.6. The van der Waals surface area contributed by atoms with Gasteiger partial charge in [-0.2, -0.15) is 5.26 Å². The van der Waals surface area contributed by atoms with Gasteiger partial charge in [-0.3, -0.25) is 0 Å². The highest BCUT2D eigenvalue weighted by Gasteiger charge is 2.25. The molecule has 382 valence electrons. The van der Waals surface area contributed by atoms with E-state index in [0.717, 1.165) is 127 Å². The third-order valence-electron chi connectivity index (χ3n) is 15.8. The van der Waals surface area contributed by atoms with Crippen LogP contribution < -0.4 is 0 Å². The first-order valence-electron chi connectivity index (χ1n) is 27.6. The van der Waals surface area contributed by atoms with E-state index in [9.17, 15) is 5.26 Å². The molecule has 82 heavy (non-hydrogen) atoms. The lowest BCUT2D eigenvalue weighted by Crippen LogP contribution is -2.05. The molecule has 0 saturated heterocycles. The molecule has 3 heterocycles. The molecule has 0 aliphatic rings. The Morgan fingerprint density at radius 2 is 0.610 bits per heavy atom. The number of hydrogen-bond acceptors (Lipinski definition) is 4. The summed E-state index contributed by atoms with van der Waals surface area (Å²) in [6.45, 7) is 0. The van der Waals surface area contributed by atoms with Crippen molar-refractivity contribution in [3.8, 4) is 107 Å². The molecule has 0 spiro atoms. The molecule has 0 aliphatic heterocycles. The molecule has 0 atom stereocenters. The van der Waals surface area contributed by atoms with Crippen LogP contribution in [-0.2, 0) is 0 Å². The lowest BCUT2D eigenvalue weighted by molar-refractivity contribution is 1.07. The van der Waals surface area contributed by atoms with Crippen LogP contribution in [-0.4, -0.2) is 24.1 Å². The third kappa shape index (κ3) is 8.40. The Bertz CT molecular complexity index is 4700. The number of aromatic nitrogens is 5. The minimum Gasteiger partial charge on any atom is -0.309 e. The summed E-state index contributed by atoms with van der Waals surface area (Å²) < 4.78 is 4.68. The van der Waals surface area contributed by atoms with Crippen LogP contribution in [0.4, 0.5) is 0 Å². The fourth-order valence-corrected chi connectivity index (χ4v) is 11.9. The highest BCUT2D eigenvalue weighted by Crippen LogP contribution is 2.45. The van der Waals surface area contributed by atoms with Gasteiger partial charge in [0.15, 0.2) is 17.5 Å². The van der Waals surface area contributed by atoms with Crippen molar-refractivity contribution in [2.45, 2.75) is 0 Å². The second-order valence-corrected chi connectivity index (χ2v) is 20.6. The minimum absolute atomic E-state index is 0.507. The molecule has 15 aromatic rings. The Morgan fingerprint density at radius 3 is 0.988 bits per heavy atom. The Hall–Kier alpha value is -11.3. The molecule has 0 fully saturated rings. The average molecular weight is 1050 g/mol. The van der Waals surface area contributed by atoms with E-state index in [1.165, 1.54) is 0 Å². The Kier molecular flexibility index (Phi) is 11.8. The first-order valence-corrected chi connectivity index (χ1v) is 27.6. The highest BCUT2D eigenvalue weighted by atomic mass is 15.0. The number of nitrogens with zero attached hydrogens (tertiary/aromatic N) is 6. The van der Waals surface area contributed by atoms with Gasteiger partial charge in [0, 0.05) is 49.5 Å². The van der Waals surface area contributed by atoms with Crippen LogP contribution in [0.1, 0.15) is 5.56 Å². The highest BCUT2D eigenvalue weighted by molar-refractivity contribution is 6.14. The fourth-order valence-electron chi connectivity index (χ4n) is 11.9. The summed E-state index contributed by atoms with van der Waals surface area (Å²) in [7, 11) is 0. The molecule has 0 N–H and O–H groups in total. The smallest absolute Gasteiger partial charge is 0.164 e. The number of rotatable bonds is 10. The third-order valence-corrected chi connectivity index (χ3v) is 15.8. The van der Waals surface area contributed by atoms with Crippen molar-refractivity contribution in [1.29, 1.82) is 5.26 Å². The average Bonchev–Trinajstić information content (AvgIpc) is 3.87. The Labute approximate surface area is 474 Å². The molecule has 6 heteroatoms. The molecule has 12 aromatic carbocycles. The van der Waals surface area contributed by atoms with Gasteiger partial charge in [-0.15, -0.1) is 0 Å². The molecule has 0 aliphatic carbocycles. The largest absolute Gasteiger partial charge is 0.309 e. The zero-order valence-corrected chi connectivity index (χ0v) is 44.4. The molecule has 0 unspecified atom stereocenters. The molecule has 0 saturated carbocycles. The first kappa shape index (κ1) is 47.9.